The zero-order valence-corrected chi connectivity index (χ0v) is 23.6. The number of hydrogen-bond donors (Lipinski definition) is 0. The van der Waals surface area contributed by atoms with Crippen LogP contribution >= 0.6 is 0 Å². The molecule has 5 nitrogen and oxygen atoms in total. The van der Waals surface area contributed by atoms with E-state index >= 15 is 0 Å². The summed E-state index contributed by atoms with van der Waals surface area (Å²) in [5.74, 6) is 1.92. The summed E-state index contributed by atoms with van der Waals surface area (Å²) < 4.78 is 8.62. The first-order valence-electron chi connectivity index (χ1n) is 14.6. The number of aromatic nitrogens is 4. The van der Waals surface area contributed by atoms with E-state index in [0.717, 1.165) is 66.1 Å². The third-order valence-electron chi connectivity index (χ3n) is 8.26. The van der Waals surface area contributed by atoms with Crippen LogP contribution in [0.15, 0.2) is 150 Å². The van der Waals surface area contributed by atoms with Gasteiger partial charge in [0.25, 0.3) is 0 Å². The van der Waals surface area contributed by atoms with E-state index in [9.17, 15) is 0 Å². The maximum Gasteiger partial charge on any atom is 0.164 e. The van der Waals surface area contributed by atoms with Gasteiger partial charge in [-0.1, -0.05) is 115 Å². The second-order valence-corrected chi connectivity index (χ2v) is 10.8. The number of para-hydroxylation sites is 2. The maximum absolute atomic E-state index is 6.28. The van der Waals surface area contributed by atoms with Crippen molar-refractivity contribution in [3.8, 4) is 39.9 Å². The highest BCUT2D eigenvalue weighted by Crippen LogP contribution is 2.41. The van der Waals surface area contributed by atoms with Crippen molar-refractivity contribution in [3.05, 3.63) is 146 Å². The van der Waals surface area contributed by atoms with Crippen LogP contribution in [0.5, 0.6) is 0 Å². The highest BCUT2D eigenvalue weighted by Gasteiger charge is 2.21. The van der Waals surface area contributed by atoms with Gasteiger partial charge in [-0.05, 0) is 30.3 Å². The third kappa shape index (κ3) is 3.76. The standard InChI is InChI=1S/C39H24N4O/c1-3-13-25(14-4-1)37-40-38(26-15-5-2-6-16-26)42-39(41-37)29-19-11-21-31-35(29)27-17-7-9-20-30(27)43(31)32-22-12-24-34-36(32)28-18-8-10-23-33(28)44-34/h1-24H. The summed E-state index contributed by atoms with van der Waals surface area (Å²) in [6.45, 7) is 0. The zero-order chi connectivity index (χ0) is 29.0. The fourth-order valence-electron chi connectivity index (χ4n) is 6.34. The van der Waals surface area contributed by atoms with Crippen LogP contribution in [0.4, 0.5) is 0 Å². The lowest BCUT2D eigenvalue weighted by atomic mass is 10.1. The van der Waals surface area contributed by atoms with E-state index in [0.29, 0.717) is 17.5 Å². The van der Waals surface area contributed by atoms with Gasteiger partial charge in [0.05, 0.1) is 22.1 Å². The topological polar surface area (TPSA) is 56.7 Å². The van der Waals surface area contributed by atoms with Crippen molar-refractivity contribution in [1.29, 1.82) is 0 Å². The summed E-state index contributed by atoms with van der Waals surface area (Å²) in [4.78, 5) is 15.1. The first-order chi connectivity index (χ1) is 21.8. The second-order valence-electron chi connectivity index (χ2n) is 10.8. The van der Waals surface area contributed by atoms with Crippen LogP contribution in [0.3, 0.4) is 0 Å². The van der Waals surface area contributed by atoms with Gasteiger partial charge in [-0.25, -0.2) is 15.0 Å². The summed E-state index contributed by atoms with van der Waals surface area (Å²) in [5.41, 5.74) is 7.84. The molecular weight excluding hydrogens is 540 g/mol. The first kappa shape index (κ1) is 24.5. The molecule has 44 heavy (non-hydrogen) atoms. The molecule has 0 bridgehead atoms. The average molecular weight is 565 g/mol. The predicted octanol–water partition coefficient (Wildman–Crippen LogP) is 9.87. The van der Waals surface area contributed by atoms with Crippen LogP contribution in [0.1, 0.15) is 0 Å². The Kier molecular flexibility index (Phi) is 5.43. The van der Waals surface area contributed by atoms with E-state index in [-0.39, 0.29) is 0 Å². The van der Waals surface area contributed by atoms with Crippen molar-refractivity contribution >= 4 is 43.7 Å². The Bertz CT molecular complexity index is 2440. The molecule has 0 saturated carbocycles. The number of furan rings is 1. The molecule has 6 aromatic carbocycles. The van der Waals surface area contributed by atoms with E-state index in [1.807, 2.05) is 78.9 Å². The van der Waals surface area contributed by atoms with E-state index in [4.69, 9.17) is 19.4 Å². The number of rotatable bonds is 4. The van der Waals surface area contributed by atoms with Gasteiger partial charge in [-0.3, -0.25) is 0 Å². The summed E-state index contributed by atoms with van der Waals surface area (Å²) in [5, 5.41) is 4.41. The highest BCUT2D eigenvalue weighted by molar-refractivity contribution is 6.17. The van der Waals surface area contributed by atoms with Crippen molar-refractivity contribution in [3.63, 3.8) is 0 Å². The minimum absolute atomic E-state index is 0.637. The molecule has 0 N–H and O–H groups in total. The molecule has 0 aliphatic carbocycles. The van der Waals surface area contributed by atoms with Crippen LogP contribution in [-0.2, 0) is 0 Å². The number of hydrogen-bond acceptors (Lipinski definition) is 4. The van der Waals surface area contributed by atoms with Crippen molar-refractivity contribution in [2.75, 3.05) is 0 Å². The van der Waals surface area contributed by atoms with Gasteiger partial charge in [0.2, 0.25) is 0 Å². The van der Waals surface area contributed by atoms with Crippen molar-refractivity contribution in [1.82, 2.24) is 19.5 Å². The fourth-order valence-corrected chi connectivity index (χ4v) is 6.34. The van der Waals surface area contributed by atoms with Crippen molar-refractivity contribution in [2.24, 2.45) is 0 Å². The van der Waals surface area contributed by atoms with Gasteiger partial charge >= 0.3 is 0 Å². The molecule has 0 spiro atoms. The zero-order valence-electron chi connectivity index (χ0n) is 23.6. The SMILES string of the molecule is c1ccc(-c2nc(-c3ccccc3)nc(-c3cccc4c3c3ccccc3n4-c3cccc4oc5ccccc5c34)n2)cc1. The minimum Gasteiger partial charge on any atom is -0.456 e. The molecule has 9 rings (SSSR count). The molecule has 0 fully saturated rings. The van der Waals surface area contributed by atoms with Crippen molar-refractivity contribution < 1.29 is 4.42 Å². The van der Waals surface area contributed by atoms with E-state index in [1.54, 1.807) is 0 Å². The number of nitrogens with zero attached hydrogens (tertiary/aromatic N) is 4. The largest absolute Gasteiger partial charge is 0.456 e. The molecule has 3 heterocycles. The Morgan fingerprint density at radius 1 is 0.409 bits per heavy atom. The molecule has 5 heteroatoms. The van der Waals surface area contributed by atoms with Gasteiger partial charge in [-0.15, -0.1) is 0 Å². The van der Waals surface area contributed by atoms with Crippen LogP contribution in [0, 0.1) is 0 Å². The normalized spacial score (nSPS) is 11.6. The van der Waals surface area contributed by atoms with E-state index in [2.05, 4.69) is 71.3 Å². The third-order valence-corrected chi connectivity index (χ3v) is 8.26. The number of fused-ring (bicyclic) bond motifs is 6. The predicted molar refractivity (Wildman–Crippen MR) is 178 cm³/mol. The quantitative estimate of drug-likeness (QED) is 0.213. The first-order valence-corrected chi connectivity index (χ1v) is 14.6. The molecule has 0 aliphatic rings. The summed E-state index contributed by atoms with van der Waals surface area (Å²) in [6.07, 6.45) is 0. The smallest absolute Gasteiger partial charge is 0.164 e. The maximum atomic E-state index is 6.28. The number of benzene rings is 6. The van der Waals surface area contributed by atoms with Crippen LogP contribution in [0.2, 0.25) is 0 Å². The van der Waals surface area contributed by atoms with Crippen LogP contribution in [-0.4, -0.2) is 19.5 Å². The van der Waals surface area contributed by atoms with Gasteiger partial charge < -0.3 is 8.98 Å². The second kappa shape index (κ2) is 9.75. The van der Waals surface area contributed by atoms with Crippen LogP contribution in [0.25, 0.3) is 83.6 Å². The van der Waals surface area contributed by atoms with Gasteiger partial charge in [0.1, 0.15) is 11.2 Å². The molecule has 0 unspecified atom stereocenters. The fraction of sp³-hybridized carbons (Fsp3) is 0. The lowest BCUT2D eigenvalue weighted by molar-refractivity contribution is 0.669. The lowest BCUT2D eigenvalue weighted by Crippen LogP contribution is -2.00. The van der Waals surface area contributed by atoms with E-state index in [1.165, 1.54) is 0 Å². The molecule has 3 aromatic heterocycles. The molecule has 0 radical (unpaired) electrons. The summed E-state index contributed by atoms with van der Waals surface area (Å²) >= 11 is 0. The molecule has 206 valence electrons. The van der Waals surface area contributed by atoms with Crippen LogP contribution < -0.4 is 0 Å². The Labute approximate surface area is 252 Å². The molecule has 0 saturated heterocycles. The lowest BCUT2D eigenvalue weighted by Gasteiger charge is -2.11. The molecule has 9 aromatic rings. The molecule has 0 aliphatic heterocycles. The van der Waals surface area contributed by atoms with E-state index < -0.39 is 0 Å². The van der Waals surface area contributed by atoms with Gasteiger partial charge in [-0.2, -0.15) is 0 Å². The molecular formula is C39H24N4O. The average Bonchev–Trinajstić information content (AvgIpc) is 3.65. The Balaban J connectivity index is 1.37. The van der Waals surface area contributed by atoms with Gasteiger partial charge in [0.15, 0.2) is 17.5 Å². The molecule has 0 amide bonds. The summed E-state index contributed by atoms with van der Waals surface area (Å²) in [7, 11) is 0. The highest BCUT2D eigenvalue weighted by atomic mass is 16.3. The Hall–Kier alpha value is -6.07. The summed E-state index contributed by atoms with van der Waals surface area (Å²) in [6, 6.07) is 49.6. The van der Waals surface area contributed by atoms with Gasteiger partial charge in [0, 0.05) is 32.8 Å². The Morgan fingerprint density at radius 3 is 1.73 bits per heavy atom. The molecule has 0 atom stereocenters. The Morgan fingerprint density at radius 2 is 0.977 bits per heavy atom. The van der Waals surface area contributed by atoms with Crippen molar-refractivity contribution in [2.45, 2.75) is 0 Å². The monoisotopic (exact) mass is 564 g/mol. The minimum atomic E-state index is 0.637.